The molecule has 6 heteroatoms. The summed E-state index contributed by atoms with van der Waals surface area (Å²) in [5.74, 6) is -0.479. The lowest BCUT2D eigenvalue weighted by atomic mass is 9.98. The van der Waals surface area contributed by atoms with Crippen LogP contribution in [0.15, 0.2) is 30.3 Å². The number of hydrogen-bond acceptors (Lipinski definition) is 6. The van der Waals surface area contributed by atoms with Crippen molar-refractivity contribution in [1.82, 2.24) is 0 Å². The Morgan fingerprint density at radius 1 is 1.16 bits per heavy atom. The van der Waals surface area contributed by atoms with Crippen LogP contribution in [-0.4, -0.2) is 32.5 Å². The van der Waals surface area contributed by atoms with Crippen LogP contribution in [0.3, 0.4) is 0 Å². The van der Waals surface area contributed by atoms with Crippen LogP contribution < -0.4 is 11.1 Å². The summed E-state index contributed by atoms with van der Waals surface area (Å²) in [6.45, 7) is 0.644. The lowest BCUT2D eigenvalue weighted by Gasteiger charge is -2.07. The van der Waals surface area contributed by atoms with Crippen molar-refractivity contribution in [3.05, 3.63) is 51.9 Å². The van der Waals surface area contributed by atoms with Crippen molar-refractivity contribution in [3.8, 4) is 0 Å². The van der Waals surface area contributed by atoms with Gasteiger partial charge in [-0.05, 0) is 31.4 Å². The second-order valence-corrected chi connectivity index (χ2v) is 6.67. The Labute approximate surface area is 152 Å². The number of ketones is 1. The van der Waals surface area contributed by atoms with E-state index in [2.05, 4.69) is 5.32 Å². The number of benzene rings is 1. The number of nitrogens with one attached hydrogen (secondary N) is 1. The van der Waals surface area contributed by atoms with Crippen LogP contribution in [0.1, 0.15) is 50.4 Å². The summed E-state index contributed by atoms with van der Waals surface area (Å²) in [7, 11) is 3.10. The van der Waals surface area contributed by atoms with E-state index in [0.29, 0.717) is 34.0 Å². The van der Waals surface area contributed by atoms with Crippen LogP contribution in [0.25, 0.3) is 0 Å². The number of anilines is 1. The van der Waals surface area contributed by atoms with Crippen LogP contribution >= 0.6 is 11.3 Å². The Balaban J connectivity index is 2.44. The molecule has 1 aromatic carbocycles. The molecule has 0 bridgehead atoms. The molecule has 25 heavy (non-hydrogen) atoms. The van der Waals surface area contributed by atoms with Gasteiger partial charge in [-0.2, -0.15) is 0 Å². The van der Waals surface area contributed by atoms with Crippen molar-refractivity contribution in [1.29, 1.82) is 0 Å². The van der Waals surface area contributed by atoms with Gasteiger partial charge in [-0.3, -0.25) is 4.79 Å². The normalized spacial score (nSPS) is 10.5. The summed E-state index contributed by atoms with van der Waals surface area (Å²) in [6.07, 6.45) is 3.41. The molecular formula is C19H24N2O3S. The summed E-state index contributed by atoms with van der Waals surface area (Å²) in [6, 6.07) is 9.12. The Hall–Kier alpha value is -2.18. The first-order valence-corrected chi connectivity index (χ1v) is 9.17. The number of ether oxygens (including phenoxy) is 1. The van der Waals surface area contributed by atoms with E-state index in [4.69, 9.17) is 10.5 Å². The zero-order valence-electron chi connectivity index (χ0n) is 14.6. The van der Waals surface area contributed by atoms with Gasteiger partial charge in [0.05, 0.1) is 17.6 Å². The lowest BCUT2D eigenvalue weighted by Crippen LogP contribution is -2.09. The average Bonchev–Trinajstić information content (AvgIpc) is 3.03. The third kappa shape index (κ3) is 4.46. The van der Waals surface area contributed by atoms with Crippen LogP contribution in [0.4, 0.5) is 5.00 Å². The molecular weight excluding hydrogens is 336 g/mol. The van der Waals surface area contributed by atoms with Gasteiger partial charge in [0.25, 0.3) is 0 Å². The molecule has 0 fully saturated rings. The third-order valence-electron chi connectivity index (χ3n) is 4.00. The molecule has 0 aliphatic heterocycles. The highest BCUT2D eigenvalue weighted by Crippen LogP contribution is 2.36. The van der Waals surface area contributed by atoms with E-state index in [1.54, 1.807) is 19.2 Å². The summed E-state index contributed by atoms with van der Waals surface area (Å²) in [4.78, 5) is 25.8. The largest absolute Gasteiger partial charge is 0.465 e. The molecule has 134 valence electrons. The number of rotatable bonds is 9. The highest BCUT2D eigenvalue weighted by Gasteiger charge is 2.27. The molecule has 0 saturated heterocycles. The zero-order valence-corrected chi connectivity index (χ0v) is 15.4. The molecule has 5 nitrogen and oxygen atoms in total. The van der Waals surface area contributed by atoms with E-state index in [1.807, 2.05) is 18.2 Å². The summed E-state index contributed by atoms with van der Waals surface area (Å²) < 4.78 is 4.94. The molecule has 0 amide bonds. The third-order valence-corrected chi connectivity index (χ3v) is 5.25. The summed E-state index contributed by atoms with van der Waals surface area (Å²) in [5.41, 5.74) is 7.41. The molecule has 3 N–H and O–H groups in total. The van der Waals surface area contributed by atoms with Gasteiger partial charge in [-0.15, -0.1) is 11.3 Å². The molecule has 2 aromatic rings. The van der Waals surface area contributed by atoms with E-state index in [9.17, 15) is 9.59 Å². The number of carbonyl (C=O) groups excluding carboxylic acids is 2. The van der Waals surface area contributed by atoms with Crippen molar-refractivity contribution in [2.75, 3.05) is 26.0 Å². The maximum Gasteiger partial charge on any atom is 0.341 e. The molecule has 1 heterocycles. The number of carbonyl (C=O) groups is 2. The van der Waals surface area contributed by atoms with Gasteiger partial charge in [0.1, 0.15) is 5.00 Å². The second kappa shape index (κ2) is 9.34. The van der Waals surface area contributed by atoms with Crippen molar-refractivity contribution >= 4 is 28.1 Å². The van der Waals surface area contributed by atoms with Crippen molar-refractivity contribution < 1.29 is 14.3 Å². The van der Waals surface area contributed by atoms with Crippen LogP contribution in [0.5, 0.6) is 0 Å². The van der Waals surface area contributed by atoms with Gasteiger partial charge in [0, 0.05) is 12.6 Å². The predicted octanol–water partition coefficient (Wildman–Crippen LogP) is 3.48. The fourth-order valence-electron chi connectivity index (χ4n) is 2.72. The van der Waals surface area contributed by atoms with Crippen molar-refractivity contribution in [3.63, 3.8) is 0 Å². The molecule has 2 rings (SSSR count). The van der Waals surface area contributed by atoms with E-state index in [0.717, 1.165) is 24.8 Å². The highest BCUT2D eigenvalue weighted by atomic mass is 32.1. The first-order valence-electron chi connectivity index (χ1n) is 8.35. The number of thiophene rings is 1. The van der Waals surface area contributed by atoms with Crippen LogP contribution in [-0.2, 0) is 11.2 Å². The Kier molecular flexibility index (Phi) is 7.16. The van der Waals surface area contributed by atoms with Crippen LogP contribution in [0.2, 0.25) is 0 Å². The van der Waals surface area contributed by atoms with Crippen LogP contribution in [0, 0.1) is 0 Å². The summed E-state index contributed by atoms with van der Waals surface area (Å²) >= 11 is 1.31. The maximum absolute atomic E-state index is 13.0. The Morgan fingerprint density at radius 3 is 2.48 bits per heavy atom. The predicted molar refractivity (Wildman–Crippen MR) is 102 cm³/mol. The van der Waals surface area contributed by atoms with E-state index in [-0.39, 0.29) is 5.78 Å². The molecule has 0 radical (unpaired) electrons. The number of hydrogen-bond donors (Lipinski definition) is 2. The SMILES string of the molecule is CNc1sc(C(=O)c2ccccc2)c(CCCCCN)c1C(=O)OC. The average molecular weight is 360 g/mol. The highest BCUT2D eigenvalue weighted by molar-refractivity contribution is 7.18. The van der Waals surface area contributed by atoms with Gasteiger partial charge in [0.15, 0.2) is 0 Å². The van der Waals surface area contributed by atoms with Gasteiger partial charge in [-0.1, -0.05) is 36.8 Å². The summed E-state index contributed by atoms with van der Waals surface area (Å²) in [5, 5.41) is 3.69. The maximum atomic E-state index is 13.0. The van der Waals surface area contributed by atoms with Crippen molar-refractivity contribution in [2.45, 2.75) is 25.7 Å². The lowest BCUT2D eigenvalue weighted by molar-refractivity contribution is 0.0601. The fraction of sp³-hybridized carbons (Fsp3) is 0.368. The Morgan fingerprint density at radius 2 is 1.88 bits per heavy atom. The topological polar surface area (TPSA) is 81.4 Å². The first kappa shape index (κ1) is 19.1. The smallest absolute Gasteiger partial charge is 0.341 e. The quantitative estimate of drug-likeness (QED) is 0.406. The number of nitrogens with two attached hydrogens (primary N) is 1. The zero-order chi connectivity index (χ0) is 18.2. The second-order valence-electron chi connectivity index (χ2n) is 5.65. The van der Waals surface area contributed by atoms with Gasteiger partial charge in [-0.25, -0.2) is 4.79 Å². The fourth-order valence-corrected chi connectivity index (χ4v) is 3.88. The molecule has 1 aromatic heterocycles. The minimum absolute atomic E-state index is 0.0638. The van der Waals surface area contributed by atoms with Gasteiger partial charge < -0.3 is 15.8 Å². The van der Waals surface area contributed by atoms with E-state index < -0.39 is 5.97 Å². The molecule has 0 saturated carbocycles. The number of methoxy groups -OCH3 is 1. The molecule has 0 aliphatic carbocycles. The molecule has 0 unspecified atom stereocenters. The van der Waals surface area contributed by atoms with Gasteiger partial charge >= 0.3 is 5.97 Å². The van der Waals surface area contributed by atoms with Gasteiger partial charge in [0.2, 0.25) is 5.78 Å². The minimum Gasteiger partial charge on any atom is -0.465 e. The van der Waals surface area contributed by atoms with E-state index >= 15 is 0 Å². The van der Waals surface area contributed by atoms with E-state index in [1.165, 1.54) is 18.4 Å². The molecule has 0 atom stereocenters. The molecule has 0 spiro atoms. The number of esters is 1. The first-order chi connectivity index (χ1) is 12.1. The molecule has 0 aliphatic rings. The number of unbranched alkanes of at least 4 members (excludes halogenated alkanes) is 2. The Bertz CT molecular complexity index is 726. The minimum atomic E-state index is -0.415. The monoisotopic (exact) mass is 360 g/mol. The van der Waals surface area contributed by atoms with Crippen molar-refractivity contribution in [2.24, 2.45) is 5.73 Å². The standard InChI is InChI=1S/C19H24N2O3S/c1-21-18-15(19(23)24-2)14(11-7-4-8-12-20)17(25-18)16(22)13-9-5-3-6-10-13/h3,5-6,9-10,21H,4,7-8,11-12,20H2,1-2H3.